The van der Waals surface area contributed by atoms with E-state index in [1.165, 1.54) is 12.1 Å². The molecular formula is C29H31ClF2N6O5. The van der Waals surface area contributed by atoms with E-state index in [-0.39, 0.29) is 43.7 Å². The van der Waals surface area contributed by atoms with Crippen LogP contribution in [-0.4, -0.2) is 105 Å². The lowest BCUT2D eigenvalue weighted by atomic mass is 10.0. The zero-order valence-electron chi connectivity index (χ0n) is 23.2. The molecule has 3 aliphatic rings. The van der Waals surface area contributed by atoms with Gasteiger partial charge < -0.3 is 29.0 Å². The molecule has 14 heteroatoms. The molecule has 3 saturated heterocycles. The molecule has 0 radical (unpaired) electrons. The summed E-state index contributed by atoms with van der Waals surface area (Å²) in [6.07, 6.45) is 1.76. The van der Waals surface area contributed by atoms with Gasteiger partial charge in [0.1, 0.15) is 29.9 Å². The standard InChI is InChI=1S/C29H31ClF2N6O5/c30-19-11-23-28(36-29(35-23)43-25-15-42-26-24(39)14-41-27(25)26)34-22(19)2-1-18-20(31)9-16(10-21(18)32)17-12-33-38(13-17)4-3-37-5-7-40-8-6-37/h9-13,24-27,39H,1-8,14-15H2,(H,34,35,36)/t24-,25-,26-,27-/m1/s1. The molecule has 0 amide bonds. The first-order valence-corrected chi connectivity index (χ1v) is 14.7. The van der Waals surface area contributed by atoms with Crippen molar-refractivity contribution in [3.8, 4) is 17.1 Å². The first-order valence-electron chi connectivity index (χ1n) is 14.3. The normalized spacial score (nSPS) is 24.2. The molecule has 4 aromatic rings. The number of hydrogen-bond donors (Lipinski definition) is 2. The number of aryl methyl sites for hydroxylation is 1. The number of benzene rings is 1. The smallest absolute Gasteiger partial charge is 0.296 e. The number of halogens is 3. The minimum atomic E-state index is -0.682. The highest BCUT2D eigenvalue weighted by Gasteiger charge is 2.48. The maximum atomic E-state index is 15.2. The highest BCUT2D eigenvalue weighted by molar-refractivity contribution is 6.31. The Hall–Kier alpha value is -3.20. The first-order chi connectivity index (χ1) is 20.9. The number of nitrogens with zero attached hydrogens (tertiary/aromatic N) is 5. The van der Waals surface area contributed by atoms with Crippen molar-refractivity contribution in [2.45, 2.75) is 43.8 Å². The third-order valence-electron chi connectivity index (χ3n) is 8.19. The fourth-order valence-corrected chi connectivity index (χ4v) is 6.05. The molecule has 3 aliphatic heterocycles. The van der Waals surface area contributed by atoms with Crippen LogP contribution in [0.5, 0.6) is 6.01 Å². The molecule has 0 saturated carbocycles. The van der Waals surface area contributed by atoms with Crippen molar-refractivity contribution >= 4 is 22.8 Å². The van der Waals surface area contributed by atoms with Crippen molar-refractivity contribution in [3.63, 3.8) is 0 Å². The van der Waals surface area contributed by atoms with Gasteiger partial charge in [0.2, 0.25) is 0 Å². The Labute approximate surface area is 250 Å². The molecule has 228 valence electrons. The summed E-state index contributed by atoms with van der Waals surface area (Å²) in [7, 11) is 0. The molecule has 1 aromatic carbocycles. The van der Waals surface area contributed by atoms with Gasteiger partial charge in [-0.3, -0.25) is 9.58 Å². The molecule has 4 atom stereocenters. The number of aromatic amines is 1. The molecule has 3 fully saturated rings. The van der Waals surface area contributed by atoms with E-state index in [0.717, 1.165) is 32.8 Å². The average molecular weight is 617 g/mol. The van der Waals surface area contributed by atoms with E-state index in [0.29, 0.717) is 39.6 Å². The number of morpholine rings is 1. The van der Waals surface area contributed by atoms with Crippen molar-refractivity contribution in [3.05, 3.63) is 58.5 Å². The minimum absolute atomic E-state index is 0.0398. The molecule has 0 spiro atoms. The Morgan fingerprint density at radius 1 is 1.00 bits per heavy atom. The fraction of sp³-hybridized carbons (Fsp3) is 0.483. The van der Waals surface area contributed by atoms with Gasteiger partial charge >= 0.3 is 0 Å². The third kappa shape index (κ3) is 5.97. The monoisotopic (exact) mass is 616 g/mol. The minimum Gasteiger partial charge on any atom is -0.456 e. The van der Waals surface area contributed by atoms with Gasteiger partial charge in [-0.1, -0.05) is 11.6 Å². The summed E-state index contributed by atoms with van der Waals surface area (Å²) >= 11 is 6.48. The highest BCUT2D eigenvalue weighted by atomic mass is 35.5. The highest BCUT2D eigenvalue weighted by Crippen LogP contribution is 2.31. The lowest BCUT2D eigenvalue weighted by molar-refractivity contribution is 0.00706. The topological polar surface area (TPSA) is 120 Å². The Balaban J connectivity index is 1.00. The molecular weight excluding hydrogens is 586 g/mol. The van der Waals surface area contributed by atoms with E-state index in [4.69, 9.17) is 30.5 Å². The van der Waals surface area contributed by atoms with Gasteiger partial charge in [-0.25, -0.2) is 13.8 Å². The van der Waals surface area contributed by atoms with Crippen LogP contribution in [0.1, 0.15) is 11.3 Å². The predicted molar refractivity (Wildman–Crippen MR) is 151 cm³/mol. The largest absolute Gasteiger partial charge is 0.456 e. The van der Waals surface area contributed by atoms with Gasteiger partial charge in [-0.2, -0.15) is 10.1 Å². The number of fused-ring (bicyclic) bond motifs is 2. The van der Waals surface area contributed by atoms with Gasteiger partial charge in [-0.05, 0) is 36.6 Å². The molecule has 0 bridgehead atoms. The number of nitrogens with one attached hydrogen (secondary N) is 1. The second-order valence-corrected chi connectivity index (χ2v) is 11.4. The van der Waals surface area contributed by atoms with E-state index >= 15 is 8.78 Å². The fourth-order valence-electron chi connectivity index (χ4n) is 5.81. The van der Waals surface area contributed by atoms with Crippen LogP contribution in [0.2, 0.25) is 5.02 Å². The average Bonchev–Trinajstić information content (AvgIpc) is 3.79. The summed E-state index contributed by atoms with van der Waals surface area (Å²) in [5.41, 5.74) is 2.41. The number of aromatic nitrogens is 5. The van der Waals surface area contributed by atoms with E-state index in [1.54, 1.807) is 23.1 Å². The molecule has 7 rings (SSSR count). The summed E-state index contributed by atoms with van der Waals surface area (Å²) in [5, 5.41) is 14.7. The quantitative estimate of drug-likeness (QED) is 0.293. The number of hydrogen-bond acceptors (Lipinski definition) is 9. The van der Waals surface area contributed by atoms with E-state index in [1.807, 2.05) is 0 Å². The van der Waals surface area contributed by atoms with Gasteiger partial charge in [0, 0.05) is 37.0 Å². The van der Waals surface area contributed by atoms with Gasteiger partial charge in [0.25, 0.3) is 6.01 Å². The summed E-state index contributed by atoms with van der Waals surface area (Å²) < 4.78 is 54.6. The van der Waals surface area contributed by atoms with E-state index in [2.05, 4.69) is 25.0 Å². The molecule has 6 heterocycles. The van der Waals surface area contributed by atoms with E-state index in [9.17, 15) is 5.11 Å². The zero-order chi connectivity index (χ0) is 29.5. The van der Waals surface area contributed by atoms with Crippen LogP contribution in [-0.2, 0) is 33.6 Å². The molecule has 11 nitrogen and oxygen atoms in total. The molecule has 0 aliphatic carbocycles. The van der Waals surface area contributed by atoms with Gasteiger partial charge in [0.15, 0.2) is 11.8 Å². The van der Waals surface area contributed by atoms with Crippen molar-refractivity contribution in [1.29, 1.82) is 0 Å². The Morgan fingerprint density at radius 2 is 1.79 bits per heavy atom. The van der Waals surface area contributed by atoms with Crippen LogP contribution < -0.4 is 4.74 Å². The number of aliphatic hydroxyl groups excluding tert-OH is 1. The second-order valence-electron chi connectivity index (χ2n) is 11.0. The molecule has 0 unspecified atom stereocenters. The molecule has 43 heavy (non-hydrogen) atoms. The number of pyridine rings is 1. The Kier molecular flexibility index (Phi) is 8.01. The third-order valence-corrected chi connectivity index (χ3v) is 8.52. The maximum absolute atomic E-state index is 15.2. The van der Waals surface area contributed by atoms with Crippen LogP contribution in [0, 0.1) is 11.6 Å². The van der Waals surface area contributed by atoms with Crippen molar-refractivity contribution < 1.29 is 32.8 Å². The van der Waals surface area contributed by atoms with Gasteiger partial charge in [0.05, 0.1) is 55.4 Å². The first kappa shape index (κ1) is 28.6. The molecule has 3 aromatic heterocycles. The van der Waals surface area contributed by atoms with Crippen LogP contribution >= 0.6 is 11.6 Å². The van der Waals surface area contributed by atoms with Crippen LogP contribution in [0.25, 0.3) is 22.3 Å². The van der Waals surface area contributed by atoms with Crippen molar-refractivity contribution in [1.82, 2.24) is 29.6 Å². The summed E-state index contributed by atoms with van der Waals surface area (Å²) in [5.74, 6) is -1.28. The van der Waals surface area contributed by atoms with Crippen LogP contribution in [0.3, 0.4) is 0 Å². The SMILES string of the molecule is O[C@@H]1CO[C@H]2[C@@H]1OC[C@H]2Oc1nc2nc(CCc3c(F)cc(-c4cnn(CCN5CCOCC5)c4)cc3F)c(Cl)cc2[nH]1. The van der Waals surface area contributed by atoms with E-state index < -0.39 is 29.9 Å². The number of rotatable bonds is 9. The Morgan fingerprint density at radius 3 is 2.60 bits per heavy atom. The lowest BCUT2D eigenvalue weighted by Gasteiger charge is -2.26. The predicted octanol–water partition coefficient (Wildman–Crippen LogP) is 2.78. The number of H-pyrrole nitrogens is 1. The lowest BCUT2D eigenvalue weighted by Crippen LogP contribution is -2.38. The van der Waals surface area contributed by atoms with Crippen molar-refractivity contribution in [2.75, 3.05) is 46.1 Å². The zero-order valence-corrected chi connectivity index (χ0v) is 24.0. The maximum Gasteiger partial charge on any atom is 0.296 e. The second kappa shape index (κ2) is 12.1. The number of ether oxygens (including phenoxy) is 4. The van der Waals surface area contributed by atoms with Crippen LogP contribution in [0.15, 0.2) is 30.6 Å². The van der Waals surface area contributed by atoms with Crippen LogP contribution in [0.4, 0.5) is 8.78 Å². The summed E-state index contributed by atoms with van der Waals surface area (Å²) in [6, 6.07) is 4.55. The number of aliphatic hydroxyl groups is 1. The summed E-state index contributed by atoms with van der Waals surface area (Å²) in [4.78, 5) is 14.3. The Bertz CT molecular complexity index is 1590. The van der Waals surface area contributed by atoms with Gasteiger partial charge in [-0.15, -0.1) is 0 Å². The van der Waals surface area contributed by atoms with Crippen molar-refractivity contribution in [2.24, 2.45) is 0 Å². The number of imidazole rings is 1. The molecule has 2 N–H and O–H groups in total. The summed E-state index contributed by atoms with van der Waals surface area (Å²) in [6.45, 7) is 5.19.